The van der Waals surface area contributed by atoms with Crippen molar-refractivity contribution in [2.75, 3.05) is 10.6 Å². The van der Waals surface area contributed by atoms with Crippen LogP contribution >= 0.6 is 0 Å². The van der Waals surface area contributed by atoms with Crippen LogP contribution in [0.5, 0.6) is 0 Å². The average Bonchev–Trinajstić information content (AvgIpc) is 1.66. The number of nitrogens with one attached hydrogen (secondary N) is 2. The molecule has 0 saturated carbocycles. The Balaban J connectivity index is 0.000000275. The van der Waals surface area contributed by atoms with E-state index in [1.165, 1.54) is 31.2 Å². The first-order valence-corrected chi connectivity index (χ1v) is 28.8. The molecular formula is C70H79F2N4O11-. The number of aromatic nitrogens is 2. The van der Waals surface area contributed by atoms with Gasteiger partial charge in [-0.2, -0.15) is 0 Å². The number of carboxylic acid groups (broad SMARTS) is 1. The first-order valence-electron chi connectivity index (χ1n) is 28.8. The highest BCUT2D eigenvalue weighted by atomic mass is 19.1. The highest BCUT2D eigenvalue weighted by Gasteiger charge is 2.33. The van der Waals surface area contributed by atoms with Crippen molar-refractivity contribution in [3.8, 4) is 44.8 Å². The first-order chi connectivity index (χ1) is 41.2. The van der Waals surface area contributed by atoms with Crippen LogP contribution in [0.1, 0.15) is 136 Å². The van der Waals surface area contributed by atoms with Gasteiger partial charge in [0, 0.05) is 65.8 Å². The summed E-state index contributed by atoms with van der Waals surface area (Å²) in [7, 11) is 0. The number of halogens is 2. The van der Waals surface area contributed by atoms with Crippen LogP contribution in [-0.4, -0.2) is 87.8 Å². The highest BCUT2D eigenvalue weighted by Crippen LogP contribution is 2.45. The number of Topliss-reactive ketones (excluding diaryl/α,β-unsaturated/α-hetero) is 1. The molecule has 0 aliphatic carbocycles. The first kappa shape index (κ1) is 67.7. The van der Waals surface area contributed by atoms with E-state index in [0.29, 0.717) is 73.9 Å². The molecule has 8 rings (SSSR count). The zero-order valence-electron chi connectivity index (χ0n) is 48.9. The Kier molecular flexibility index (Phi) is 24.8. The average molecular weight is 1190 g/mol. The van der Waals surface area contributed by atoms with Gasteiger partial charge in [0.1, 0.15) is 17.4 Å². The number of aliphatic hydroxyl groups excluding tert-OH is 6. The van der Waals surface area contributed by atoms with Crippen molar-refractivity contribution < 1.29 is 63.7 Å². The lowest BCUT2D eigenvalue weighted by Gasteiger charge is -2.20. The molecule has 8 aromatic rings. The van der Waals surface area contributed by atoms with Gasteiger partial charge in [-0.15, -0.1) is 0 Å². The molecule has 0 spiro atoms. The van der Waals surface area contributed by atoms with Crippen molar-refractivity contribution in [2.45, 2.75) is 143 Å². The van der Waals surface area contributed by atoms with Crippen molar-refractivity contribution in [1.29, 1.82) is 0 Å². The van der Waals surface area contributed by atoms with E-state index in [1.54, 1.807) is 72.8 Å². The molecule has 0 aliphatic heterocycles. The number of ketones is 1. The molecule has 0 fully saturated rings. The number of hydrogen-bond acceptors (Lipinski definition) is 11. The minimum Gasteiger partial charge on any atom is -0.550 e. The number of nitrogens with zero attached hydrogens (tertiary/aromatic N) is 2. The van der Waals surface area contributed by atoms with Gasteiger partial charge in [-0.1, -0.05) is 120 Å². The van der Waals surface area contributed by atoms with Gasteiger partial charge in [-0.25, -0.2) is 8.78 Å². The zero-order valence-corrected chi connectivity index (χ0v) is 48.9. The second-order valence-corrected chi connectivity index (χ2v) is 22.1. The highest BCUT2D eigenvalue weighted by molar-refractivity contribution is 6.13. The molecule has 0 unspecified atom stereocenters. The number of amides is 2. The second-order valence-electron chi connectivity index (χ2n) is 22.1. The number of hydrogen-bond donors (Lipinski definition) is 8. The van der Waals surface area contributed by atoms with Crippen molar-refractivity contribution in [3.05, 3.63) is 203 Å². The van der Waals surface area contributed by atoms with Crippen molar-refractivity contribution >= 4 is 34.9 Å². The summed E-state index contributed by atoms with van der Waals surface area (Å²) in [5, 5.41) is 77.6. The molecule has 87 heavy (non-hydrogen) atoms. The quantitative estimate of drug-likeness (QED) is 0.0253. The molecule has 0 bridgehead atoms. The van der Waals surface area contributed by atoms with E-state index in [9.17, 15) is 63.7 Å². The SMILES string of the molecule is C.CC(=O)C[C@H](O)C[C@H](O)CCn1c(-c2ccc(F)cc2)c(-c2ccccc2)c(C(=O)Nc2ccc(CO)cc2)c1C(C)C.CC(C)c1c(C(=O)Nc2ccc(CO)cc2)c(-c2ccccc2)c(-c2ccc(F)cc2)n1CC[C@@H](O)C[C@@H](O)CC(=O)[O-]. The summed E-state index contributed by atoms with van der Waals surface area (Å²) < 4.78 is 32.1. The van der Waals surface area contributed by atoms with E-state index in [0.717, 1.165) is 22.4 Å². The van der Waals surface area contributed by atoms with Gasteiger partial charge in [0.25, 0.3) is 11.8 Å². The van der Waals surface area contributed by atoms with Crippen LogP contribution in [0.15, 0.2) is 158 Å². The summed E-state index contributed by atoms with van der Waals surface area (Å²) in [6.45, 7) is 9.63. The van der Waals surface area contributed by atoms with Crippen LogP contribution in [0.4, 0.5) is 20.2 Å². The van der Waals surface area contributed by atoms with Crippen LogP contribution in [0.25, 0.3) is 44.8 Å². The number of carboxylic acids is 1. The van der Waals surface area contributed by atoms with Crippen LogP contribution in [0.3, 0.4) is 0 Å². The third-order valence-electron chi connectivity index (χ3n) is 14.7. The molecule has 2 heterocycles. The van der Waals surface area contributed by atoms with Crippen LogP contribution < -0.4 is 15.7 Å². The Hall–Kier alpha value is -8.42. The molecule has 2 aromatic heterocycles. The number of benzene rings is 6. The van der Waals surface area contributed by atoms with Crippen molar-refractivity contribution in [3.63, 3.8) is 0 Å². The Morgan fingerprint density at radius 2 is 0.828 bits per heavy atom. The Morgan fingerprint density at radius 1 is 0.483 bits per heavy atom. The van der Waals surface area contributed by atoms with Gasteiger partial charge in [0.05, 0.1) is 60.1 Å². The summed E-state index contributed by atoms with van der Waals surface area (Å²) in [4.78, 5) is 50.6. The third-order valence-corrected chi connectivity index (χ3v) is 14.7. The maximum Gasteiger partial charge on any atom is 0.258 e. The predicted molar refractivity (Wildman–Crippen MR) is 333 cm³/mol. The van der Waals surface area contributed by atoms with E-state index in [1.807, 2.05) is 97.5 Å². The number of anilines is 2. The Morgan fingerprint density at radius 3 is 1.14 bits per heavy atom. The number of rotatable bonds is 26. The Labute approximate surface area is 507 Å². The van der Waals surface area contributed by atoms with Crippen molar-refractivity contribution in [1.82, 2.24) is 9.13 Å². The van der Waals surface area contributed by atoms with Gasteiger partial charge in [-0.05, 0) is 151 Å². The monoisotopic (exact) mass is 1190 g/mol. The molecule has 0 radical (unpaired) electrons. The molecule has 17 heteroatoms. The topological polar surface area (TPSA) is 247 Å². The molecule has 0 saturated heterocycles. The normalized spacial score (nSPS) is 12.6. The van der Waals surface area contributed by atoms with Gasteiger partial charge in [-0.3, -0.25) is 14.4 Å². The standard InChI is InChI=1S/C35H39FN2O5.C34H37FN2O6.CH4/c1-22(2)33-32(35(43)37-28-15-9-24(21-39)10-16-28)31(25-7-5-4-6-8-25)34(26-11-13-27(36)14-12-26)38(33)18-17-29(41)20-30(42)19-23(3)40;1-21(2)32-31(34(43)36-26-14-8-22(20-38)9-15-26)30(23-6-4-3-5-7-23)33(24-10-12-25(35)13-11-24)37(32)17-16-27(39)18-28(40)19-29(41)42;/h4-16,22,29-30,39,41-42H,17-21H2,1-3H3,(H,37,43);3-15,21,27-28,38-40H,16-20H2,1-2H3,(H,36,43)(H,41,42);1H4/p-1/t29-,30+;27-,28-;/m11./s1. The number of carbonyl (C=O) groups excluding carboxylic acids is 4. The lowest BCUT2D eigenvalue weighted by molar-refractivity contribution is -0.307. The van der Waals surface area contributed by atoms with Gasteiger partial charge < -0.3 is 60.3 Å². The molecule has 460 valence electrons. The Bertz CT molecular complexity index is 3300. The van der Waals surface area contributed by atoms with Crippen molar-refractivity contribution in [2.24, 2.45) is 0 Å². The smallest absolute Gasteiger partial charge is 0.258 e. The summed E-state index contributed by atoms with van der Waals surface area (Å²) in [5.74, 6) is -3.30. The van der Waals surface area contributed by atoms with E-state index in [-0.39, 0.29) is 94.5 Å². The summed E-state index contributed by atoms with van der Waals surface area (Å²) in [5.41, 5.74) is 10.6. The molecule has 0 aliphatic rings. The van der Waals surface area contributed by atoms with Gasteiger partial charge >= 0.3 is 0 Å². The van der Waals surface area contributed by atoms with E-state index in [2.05, 4.69) is 10.6 Å². The number of aliphatic carboxylic acids is 1. The molecule has 15 nitrogen and oxygen atoms in total. The predicted octanol–water partition coefficient (Wildman–Crippen LogP) is 11.4. The summed E-state index contributed by atoms with van der Waals surface area (Å²) in [6.07, 6.45) is -4.42. The van der Waals surface area contributed by atoms with E-state index < -0.39 is 42.6 Å². The van der Waals surface area contributed by atoms with Crippen LogP contribution in [0, 0.1) is 11.6 Å². The van der Waals surface area contributed by atoms with Crippen LogP contribution in [0.2, 0.25) is 0 Å². The molecular weight excluding hydrogens is 1110 g/mol. The van der Waals surface area contributed by atoms with E-state index in [4.69, 9.17) is 0 Å². The minimum absolute atomic E-state index is 0. The van der Waals surface area contributed by atoms with E-state index >= 15 is 0 Å². The minimum atomic E-state index is -1.40. The second kappa shape index (κ2) is 31.8. The molecule has 6 aromatic carbocycles. The summed E-state index contributed by atoms with van der Waals surface area (Å²) >= 11 is 0. The van der Waals surface area contributed by atoms with Crippen LogP contribution in [-0.2, 0) is 35.9 Å². The molecule has 2 amide bonds. The fourth-order valence-electron chi connectivity index (χ4n) is 10.9. The molecule has 4 atom stereocenters. The lowest BCUT2D eigenvalue weighted by atomic mass is 9.94. The zero-order chi connectivity index (χ0) is 62.2. The van der Waals surface area contributed by atoms with Gasteiger partial charge in [0.2, 0.25) is 0 Å². The summed E-state index contributed by atoms with van der Waals surface area (Å²) in [6, 6.07) is 44.9. The largest absolute Gasteiger partial charge is 0.550 e. The fourth-order valence-corrected chi connectivity index (χ4v) is 10.9. The molecule has 8 N–H and O–H groups in total. The maximum atomic E-state index is 14.2. The number of aliphatic hydroxyl groups is 6. The lowest BCUT2D eigenvalue weighted by Crippen LogP contribution is -2.29. The maximum absolute atomic E-state index is 14.2. The third kappa shape index (κ3) is 17.8. The fraction of sp³-hybridized carbons (Fsp3) is 0.314. The number of carbonyl (C=O) groups is 4. The van der Waals surface area contributed by atoms with Gasteiger partial charge in [0.15, 0.2) is 0 Å².